The summed E-state index contributed by atoms with van der Waals surface area (Å²) in [7, 11) is 0. The molecule has 1 N–H and O–H groups in total. The lowest BCUT2D eigenvalue weighted by Crippen LogP contribution is -2.16. The highest BCUT2D eigenvalue weighted by atomic mass is 16.6. The van der Waals surface area contributed by atoms with Gasteiger partial charge in [-0.15, -0.1) is 0 Å². The Labute approximate surface area is 109 Å². The summed E-state index contributed by atoms with van der Waals surface area (Å²) in [6.45, 7) is 7.86. The molecule has 0 amide bonds. The standard InChI is InChI=1S/C15H22O3/c1-9-8-13-11(3)15(17)18-14(13)7-6-12(9)5-4-10(2)16/h6,9-10,13-14,16H,3-5,7-8H2,1-2H3/t9-,10+,13+,14-/m1/s1. The number of fused-ring (bicyclic) bond motifs is 1. The third-order valence-electron chi connectivity index (χ3n) is 4.12. The zero-order valence-electron chi connectivity index (χ0n) is 11.2. The Morgan fingerprint density at radius 3 is 3.00 bits per heavy atom. The molecular weight excluding hydrogens is 228 g/mol. The molecule has 0 aromatic rings. The number of hydrogen-bond donors (Lipinski definition) is 1. The molecule has 1 fully saturated rings. The lowest BCUT2D eigenvalue weighted by atomic mass is 9.85. The minimum absolute atomic E-state index is 0.0171. The summed E-state index contributed by atoms with van der Waals surface area (Å²) in [5.41, 5.74) is 2.02. The third kappa shape index (κ3) is 2.66. The quantitative estimate of drug-likeness (QED) is 0.476. The molecule has 0 saturated carbocycles. The molecule has 0 aromatic carbocycles. The van der Waals surface area contributed by atoms with Crippen LogP contribution in [0.5, 0.6) is 0 Å². The highest BCUT2D eigenvalue weighted by Crippen LogP contribution is 2.39. The Morgan fingerprint density at radius 1 is 1.61 bits per heavy atom. The second-order valence-corrected chi connectivity index (χ2v) is 5.61. The van der Waals surface area contributed by atoms with Gasteiger partial charge in [-0.25, -0.2) is 4.79 Å². The number of esters is 1. The topological polar surface area (TPSA) is 46.5 Å². The van der Waals surface area contributed by atoms with E-state index in [0.29, 0.717) is 11.5 Å². The van der Waals surface area contributed by atoms with E-state index in [0.717, 1.165) is 25.7 Å². The van der Waals surface area contributed by atoms with E-state index < -0.39 is 0 Å². The van der Waals surface area contributed by atoms with Gasteiger partial charge in [0.05, 0.1) is 6.10 Å². The average molecular weight is 250 g/mol. The van der Waals surface area contributed by atoms with Crippen molar-refractivity contribution in [3.63, 3.8) is 0 Å². The van der Waals surface area contributed by atoms with E-state index in [1.165, 1.54) is 5.57 Å². The molecule has 0 radical (unpaired) electrons. The van der Waals surface area contributed by atoms with Crippen LogP contribution in [-0.4, -0.2) is 23.3 Å². The summed E-state index contributed by atoms with van der Waals surface area (Å²) in [4.78, 5) is 11.5. The maximum atomic E-state index is 11.5. The first kappa shape index (κ1) is 13.3. The van der Waals surface area contributed by atoms with Crippen molar-refractivity contribution < 1.29 is 14.6 Å². The number of ether oxygens (including phenoxy) is 1. The van der Waals surface area contributed by atoms with Crippen molar-refractivity contribution in [3.05, 3.63) is 23.8 Å². The molecule has 1 heterocycles. The number of aliphatic hydroxyl groups excluding tert-OH is 1. The summed E-state index contributed by atoms with van der Waals surface area (Å²) < 4.78 is 5.35. The summed E-state index contributed by atoms with van der Waals surface area (Å²) in [5, 5.41) is 9.37. The lowest BCUT2D eigenvalue weighted by Gasteiger charge is -2.18. The predicted octanol–water partition coefficient (Wildman–Crippen LogP) is 2.60. The van der Waals surface area contributed by atoms with Crippen LogP contribution < -0.4 is 0 Å². The molecule has 4 atom stereocenters. The molecule has 1 saturated heterocycles. The third-order valence-corrected chi connectivity index (χ3v) is 4.12. The van der Waals surface area contributed by atoms with Crippen LogP contribution in [0.2, 0.25) is 0 Å². The molecule has 1 aliphatic heterocycles. The highest BCUT2D eigenvalue weighted by Gasteiger charge is 2.40. The molecule has 0 unspecified atom stereocenters. The van der Waals surface area contributed by atoms with E-state index in [2.05, 4.69) is 19.6 Å². The smallest absolute Gasteiger partial charge is 0.334 e. The van der Waals surface area contributed by atoms with Crippen LogP contribution in [0.1, 0.15) is 39.5 Å². The number of hydrogen-bond acceptors (Lipinski definition) is 3. The fraction of sp³-hybridized carbons (Fsp3) is 0.667. The number of carbonyl (C=O) groups excluding carboxylic acids is 1. The van der Waals surface area contributed by atoms with E-state index in [-0.39, 0.29) is 24.1 Å². The summed E-state index contributed by atoms with van der Waals surface area (Å²) in [5.74, 6) is 0.385. The van der Waals surface area contributed by atoms with Gasteiger partial charge < -0.3 is 9.84 Å². The molecule has 0 bridgehead atoms. The van der Waals surface area contributed by atoms with Crippen molar-refractivity contribution in [2.45, 2.75) is 51.7 Å². The van der Waals surface area contributed by atoms with E-state index in [9.17, 15) is 9.90 Å². The fourth-order valence-electron chi connectivity index (χ4n) is 2.90. The summed E-state index contributed by atoms with van der Waals surface area (Å²) in [6.07, 6.45) is 5.37. The molecule has 0 aromatic heterocycles. The van der Waals surface area contributed by atoms with Gasteiger partial charge in [-0.1, -0.05) is 25.2 Å². The Balaban J connectivity index is 2.05. The first-order chi connectivity index (χ1) is 8.49. The van der Waals surface area contributed by atoms with Crippen LogP contribution >= 0.6 is 0 Å². The van der Waals surface area contributed by atoms with Gasteiger partial charge in [0, 0.05) is 17.9 Å². The molecular formula is C15H22O3. The van der Waals surface area contributed by atoms with Crippen molar-refractivity contribution in [1.29, 1.82) is 0 Å². The first-order valence-electron chi connectivity index (χ1n) is 6.75. The SMILES string of the molecule is C=C1C(=O)O[C@@H]2CC=C(CC[C@H](C)O)[C@H](C)C[C@@H]12. The van der Waals surface area contributed by atoms with E-state index >= 15 is 0 Å². The highest BCUT2D eigenvalue weighted by molar-refractivity contribution is 5.90. The molecule has 2 aliphatic rings. The average Bonchev–Trinajstić information content (AvgIpc) is 2.48. The van der Waals surface area contributed by atoms with Crippen molar-refractivity contribution in [2.24, 2.45) is 11.8 Å². The molecule has 3 nitrogen and oxygen atoms in total. The van der Waals surface area contributed by atoms with Gasteiger partial charge >= 0.3 is 5.97 Å². The Bertz CT molecular complexity index is 381. The summed E-state index contributed by atoms with van der Waals surface area (Å²) in [6, 6.07) is 0. The van der Waals surface area contributed by atoms with Gasteiger partial charge in [-0.3, -0.25) is 0 Å². The van der Waals surface area contributed by atoms with Crippen LogP contribution in [0.25, 0.3) is 0 Å². The Hall–Kier alpha value is -1.09. The second-order valence-electron chi connectivity index (χ2n) is 5.61. The second kappa shape index (κ2) is 5.27. The first-order valence-corrected chi connectivity index (χ1v) is 6.75. The fourth-order valence-corrected chi connectivity index (χ4v) is 2.90. The van der Waals surface area contributed by atoms with Crippen LogP contribution in [0.3, 0.4) is 0 Å². The maximum Gasteiger partial charge on any atom is 0.334 e. The molecule has 0 spiro atoms. The van der Waals surface area contributed by atoms with Crippen molar-refractivity contribution in [2.75, 3.05) is 0 Å². The number of allylic oxidation sites excluding steroid dienone is 1. The number of aliphatic hydroxyl groups is 1. The van der Waals surface area contributed by atoms with Gasteiger partial charge in [0.2, 0.25) is 0 Å². The van der Waals surface area contributed by atoms with Crippen LogP contribution in [0.4, 0.5) is 0 Å². The van der Waals surface area contributed by atoms with Gasteiger partial charge in [-0.05, 0) is 32.1 Å². The lowest BCUT2D eigenvalue weighted by molar-refractivity contribution is -0.139. The van der Waals surface area contributed by atoms with Gasteiger partial charge in [-0.2, -0.15) is 0 Å². The zero-order valence-corrected chi connectivity index (χ0v) is 11.2. The van der Waals surface area contributed by atoms with Gasteiger partial charge in [0.1, 0.15) is 6.10 Å². The van der Waals surface area contributed by atoms with E-state index in [4.69, 9.17) is 4.74 Å². The summed E-state index contributed by atoms with van der Waals surface area (Å²) >= 11 is 0. The monoisotopic (exact) mass is 250 g/mol. The maximum absolute atomic E-state index is 11.5. The van der Waals surface area contributed by atoms with E-state index in [1.807, 2.05) is 6.92 Å². The molecule has 18 heavy (non-hydrogen) atoms. The molecule has 100 valence electrons. The molecule has 1 aliphatic carbocycles. The largest absolute Gasteiger partial charge is 0.458 e. The van der Waals surface area contributed by atoms with E-state index in [1.54, 1.807) is 0 Å². The van der Waals surface area contributed by atoms with Crippen molar-refractivity contribution in [3.8, 4) is 0 Å². The zero-order chi connectivity index (χ0) is 13.3. The van der Waals surface area contributed by atoms with Crippen molar-refractivity contribution in [1.82, 2.24) is 0 Å². The Morgan fingerprint density at radius 2 is 2.33 bits per heavy atom. The minimum atomic E-state index is -0.256. The Kier molecular flexibility index (Phi) is 3.91. The van der Waals surface area contributed by atoms with Crippen LogP contribution in [0, 0.1) is 11.8 Å². The number of carbonyl (C=O) groups is 1. The van der Waals surface area contributed by atoms with Gasteiger partial charge in [0.25, 0.3) is 0 Å². The molecule has 2 rings (SSSR count). The van der Waals surface area contributed by atoms with Crippen molar-refractivity contribution >= 4 is 5.97 Å². The van der Waals surface area contributed by atoms with Crippen LogP contribution in [0.15, 0.2) is 23.8 Å². The minimum Gasteiger partial charge on any atom is -0.458 e. The van der Waals surface area contributed by atoms with Gasteiger partial charge in [0.15, 0.2) is 0 Å². The number of rotatable bonds is 3. The predicted molar refractivity (Wildman–Crippen MR) is 69.9 cm³/mol. The molecule has 3 heteroatoms. The normalized spacial score (nSPS) is 33.5. The van der Waals surface area contributed by atoms with Crippen LogP contribution in [-0.2, 0) is 9.53 Å².